The van der Waals surface area contributed by atoms with Crippen LogP contribution in [-0.4, -0.2) is 32.4 Å². The minimum atomic E-state index is 0.0942. The zero-order valence-corrected chi connectivity index (χ0v) is 12.9. The zero-order chi connectivity index (χ0) is 15.2. The van der Waals surface area contributed by atoms with E-state index in [1.807, 2.05) is 17.8 Å². The maximum Gasteiger partial charge on any atom is 0.220 e. The van der Waals surface area contributed by atoms with Crippen molar-refractivity contribution in [1.29, 1.82) is 0 Å². The second-order valence-corrected chi connectivity index (χ2v) is 5.33. The SMILES string of the molecule is Cc1nn(CCNC(=O)CCCc2cn[nH]c2)c(C)c1C. The summed E-state index contributed by atoms with van der Waals surface area (Å²) < 4.78 is 1.95. The number of nitrogens with zero attached hydrogens (tertiary/aromatic N) is 3. The van der Waals surface area contributed by atoms with Crippen LogP contribution in [0.3, 0.4) is 0 Å². The van der Waals surface area contributed by atoms with Gasteiger partial charge in [-0.1, -0.05) is 0 Å². The lowest BCUT2D eigenvalue weighted by Gasteiger charge is -2.07. The van der Waals surface area contributed by atoms with E-state index in [0.29, 0.717) is 19.5 Å². The van der Waals surface area contributed by atoms with Gasteiger partial charge in [0.25, 0.3) is 0 Å². The molecule has 2 aromatic rings. The molecule has 0 radical (unpaired) electrons. The fourth-order valence-corrected chi connectivity index (χ4v) is 2.26. The monoisotopic (exact) mass is 289 g/mol. The normalized spacial score (nSPS) is 10.8. The number of amides is 1. The summed E-state index contributed by atoms with van der Waals surface area (Å²) >= 11 is 0. The highest BCUT2D eigenvalue weighted by Crippen LogP contribution is 2.10. The Morgan fingerprint density at radius 1 is 1.38 bits per heavy atom. The van der Waals surface area contributed by atoms with Gasteiger partial charge in [-0.05, 0) is 44.7 Å². The first-order valence-corrected chi connectivity index (χ1v) is 7.33. The van der Waals surface area contributed by atoms with Gasteiger partial charge in [-0.3, -0.25) is 14.6 Å². The van der Waals surface area contributed by atoms with E-state index in [1.54, 1.807) is 6.20 Å². The molecule has 0 saturated carbocycles. The lowest BCUT2D eigenvalue weighted by atomic mass is 10.1. The molecule has 0 aliphatic heterocycles. The first-order valence-electron chi connectivity index (χ1n) is 7.33. The van der Waals surface area contributed by atoms with Gasteiger partial charge in [0.15, 0.2) is 0 Å². The molecule has 114 valence electrons. The van der Waals surface area contributed by atoms with Gasteiger partial charge in [-0.25, -0.2) is 0 Å². The van der Waals surface area contributed by atoms with Crippen LogP contribution in [0, 0.1) is 20.8 Å². The van der Waals surface area contributed by atoms with E-state index in [9.17, 15) is 4.79 Å². The van der Waals surface area contributed by atoms with Crippen molar-refractivity contribution >= 4 is 5.91 Å². The molecular formula is C15H23N5O. The predicted molar refractivity (Wildman–Crippen MR) is 81.0 cm³/mol. The number of hydrogen-bond donors (Lipinski definition) is 2. The molecule has 0 bridgehead atoms. The topological polar surface area (TPSA) is 75.6 Å². The maximum absolute atomic E-state index is 11.8. The molecule has 0 atom stereocenters. The molecule has 2 aromatic heterocycles. The van der Waals surface area contributed by atoms with Crippen LogP contribution in [0.15, 0.2) is 12.4 Å². The summed E-state index contributed by atoms with van der Waals surface area (Å²) in [6, 6.07) is 0. The third-order valence-electron chi connectivity index (χ3n) is 3.81. The van der Waals surface area contributed by atoms with Crippen LogP contribution in [0.25, 0.3) is 0 Å². The summed E-state index contributed by atoms with van der Waals surface area (Å²) in [5.41, 5.74) is 4.59. The molecule has 1 amide bonds. The van der Waals surface area contributed by atoms with Crippen molar-refractivity contribution in [1.82, 2.24) is 25.3 Å². The first kappa shape index (κ1) is 15.3. The molecule has 0 unspecified atom stereocenters. The largest absolute Gasteiger partial charge is 0.354 e. The third kappa shape index (κ3) is 4.18. The molecule has 2 N–H and O–H groups in total. The van der Waals surface area contributed by atoms with Crippen LogP contribution < -0.4 is 5.32 Å². The lowest BCUT2D eigenvalue weighted by molar-refractivity contribution is -0.121. The van der Waals surface area contributed by atoms with E-state index in [2.05, 4.69) is 34.5 Å². The molecule has 6 heteroatoms. The number of carbonyl (C=O) groups excluding carboxylic acids is 1. The molecule has 0 aliphatic rings. The summed E-state index contributed by atoms with van der Waals surface area (Å²) in [5, 5.41) is 14.1. The molecule has 6 nitrogen and oxygen atoms in total. The van der Waals surface area contributed by atoms with Crippen molar-refractivity contribution in [2.75, 3.05) is 6.54 Å². The van der Waals surface area contributed by atoms with Crippen molar-refractivity contribution in [2.24, 2.45) is 0 Å². The molecule has 21 heavy (non-hydrogen) atoms. The number of aromatic nitrogens is 4. The van der Waals surface area contributed by atoms with Crippen molar-refractivity contribution in [3.05, 3.63) is 34.9 Å². The number of H-pyrrole nitrogens is 1. The minimum absolute atomic E-state index is 0.0942. The Kier molecular flexibility index (Phi) is 5.14. The molecular weight excluding hydrogens is 266 g/mol. The van der Waals surface area contributed by atoms with Gasteiger partial charge in [0.05, 0.1) is 18.4 Å². The number of rotatable bonds is 7. The van der Waals surface area contributed by atoms with Crippen LogP contribution in [0.5, 0.6) is 0 Å². The predicted octanol–water partition coefficient (Wildman–Crippen LogP) is 1.67. The van der Waals surface area contributed by atoms with Gasteiger partial charge in [0.2, 0.25) is 5.91 Å². The molecule has 0 aromatic carbocycles. The van der Waals surface area contributed by atoms with E-state index < -0.39 is 0 Å². The highest BCUT2D eigenvalue weighted by atomic mass is 16.1. The fourth-order valence-electron chi connectivity index (χ4n) is 2.26. The molecule has 0 saturated heterocycles. The number of carbonyl (C=O) groups is 1. The maximum atomic E-state index is 11.8. The van der Waals surface area contributed by atoms with E-state index >= 15 is 0 Å². The summed E-state index contributed by atoms with van der Waals surface area (Å²) in [6.07, 6.45) is 5.92. The molecule has 0 aliphatic carbocycles. The Bertz CT molecular complexity index is 585. The standard InChI is InChI=1S/C15H23N5O/c1-11-12(2)19-20(13(11)3)8-7-16-15(21)6-4-5-14-9-17-18-10-14/h9-10H,4-8H2,1-3H3,(H,16,21)(H,17,18). The van der Waals surface area contributed by atoms with Gasteiger partial charge in [-0.15, -0.1) is 0 Å². The average molecular weight is 289 g/mol. The second kappa shape index (κ2) is 7.06. The lowest BCUT2D eigenvalue weighted by Crippen LogP contribution is -2.27. The molecule has 2 heterocycles. The first-order chi connectivity index (χ1) is 10.1. The second-order valence-electron chi connectivity index (χ2n) is 5.33. The van der Waals surface area contributed by atoms with Gasteiger partial charge >= 0.3 is 0 Å². The number of aryl methyl sites for hydroxylation is 2. The van der Waals surface area contributed by atoms with Gasteiger partial charge in [-0.2, -0.15) is 10.2 Å². The van der Waals surface area contributed by atoms with Gasteiger partial charge < -0.3 is 5.32 Å². The van der Waals surface area contributed by atoms with Crippen molar-refractivity contribution in [3.8, 4) is 0 Å². The Morgan fingerprint density at radius 3 is 2.81 bits per heavy atom. The minimum Gasteiger partial charge on any atom is -0.354 e. The Labute approximate surface area is 124 Å². The summed E-state index contributed by atoms with van der Waals surface area (Å²) in [7, 11) is 0. The van der Waals surface area contributed by atoms with Crippen LogP contribution in [0.2, 0.25) is 0 Å². The molecule has 0 spiro atoms. The number of nitrogens with one attached hydrogen (secondary N) is 2. The fraction of sp³-hybridized carbons (Fsp3) is 0.533. The van der Waals surface area contributed by atoms with Crippen molar-refractivity contribution in [2.45, 2.75) is 46.6 Å². The van der Waals surface area contributed by atoms with Crippen LogP contribution in [-0.2, 0) is 17.8 Å². The highest BCUT2D eigenvalue weighted by Gasteiger charge is 2.07. The number of aromatic amines is 1. The van der Waals surface area contributed by atoms with Crippen LogP contribution in [0.4, 0.5) is 0 Å². The van der Waals surface area contributed by atoms with E-state index in [-0.39, 0.29) is 5.91 Å². The van der Waals surface area contributed by atoms with Crippen molar-refractivity contribution < 1.29 is 4.79 Å². The Hall–Kier alpha value is -2.11. The smallest absolute Gasteiger partial charge is 0.220 e. The zero-order valence-electron chi connectivity index (χ0n) is 12.9. The van der Waals surface area contributed by atoms with Crippen LogP contribution >= 0.6 is 0 Å². The Balaban J connectivity index is 1.66. The van der Waals surface area contributed by atoms with E-state index in [0.717, 1.165) is 24.1 Å². The van der Waals surface area contributed by atoms with Gasteiger partial charge in [0, 0.05) is 24.9 Å². The van der Waals surface area contributed by atoms with E-state index in [1.165, 1.54) is 11.3 Å². The van der Waals surface area contributed by atoms with Gasteiger partial charge in [0.1, 0.15) is 0 Å². The number of hydrogen-bond acceptors (Lipinski definition) is 3. The average Bonchev–Trinajstić information content (AvgIpc) is 3.04. The molecule has 0 fully saturated rings. The highest BCUT2D eigenvalue weighted by molar-refractivity contribution is 5.75. The van der Waals surface area contributed by atoms with E-state index in [4.69, 9.17) is 0 Å². The summed E-state index contributed by atoms with van der Waals surface area (Å²) in [5.74, 6) is 0.0942. The van der Waals surface area contributed by atoms with Crippen molar-refractivity contribution in [3.63, 3.8) is 0 Å². The quantitative estimate of drug-likeness (QED) is 0.814. The summed E-state index contributed by atoms with van der Waals surface area (Å²) in [6.45, 7) is 7.47. The Morgan fingerprint density at radius 2 is 2.19 bits per heavy atom. The molecule has 2 rings (SSSR count). The summed E-state index contributed by atoms with van der Waals surface area (Å²) in [4.78, 5) is 11.8. The third-order valence-corrected chi connectivity index (χ3v) is 3.81. The van der Waals surface area contributed by atoms with Crippen LogP contribution in [0.1, 0.15) is 35.4 Å².